The van der Waals surface area contributed by atoms with Gasteiger partial charge < -0.3 is 10.1 Å². The second-order valence-electron chi connectivity index (χ2n) is 3.31. The molecule has 0 fully saturated rings. The molecule has 0 saturated carbocycles. The fraction of sp³-hybridized carbons (Fsp3) is 0.600. The summed E-state index contributed by atoms with van der Waals surface area (Å²) in [4.78, 5) is 8.39. The third kappa shape index (κ3) is 4.57. The lowest BCUT2D eigenvalue weighted by molar-refractivity contribution is 0.326. The third-order valence-corrected chi connectivity index (χ3v) is 2.57. The number of aryl methyl sites for hydroxylation is 1. The van der Waals surface area contributed by atoms with Crippen LogP contribution in [0.5, 0.6) is 5.88 Å². The lowest BCUT2D eigenvalue weighted by Gasteiger charge is -2.07. The molecular formula is C10H17N3O2S. The first-order valence-electron chi connectivity index (χ1n) is 5.14. The molecule has 0 spiro atoms. The topological polar surface area (TPSA) is 64.1 Å². The van der Waals surface area contributed by atoms with Gasteiger partial charge in [-0.2, -0.15) is 4.98 Å². The van der Waals surface area contributed by atoms with Crippen LogP contribution >= 0.6 is 0 Å². The average molecular weight is 243 g/mol. The summed E-state index contributed by atoms with van der Waals surface area (Å²) in [6.45, 7) is 4.96. The van der Waals surface area contributed by atoms with Gasteiger partial charge in [-0.05, 0) is 13.8 Å². The maximum Gasteiger partial charge on any atom is 0.226 e. The summed E-state index contributed by atoms with van der Waals surface area (Å²) < 4.78 is 16.2. The van der Waals surface area contributed by atoms with Crippen molar-refractivity contribution in [3.8, 4) is 5.88 Å². The Labute approximate surface area is 98.1 Å². The SMILES string of the molecule is CCOc1cc(C)nc(NCCS(C)=O)n1. The first-order valence-corrected chi connectivity index (χ1v) is 6.87. The van der Waals surface area contributed by atoms with Crippen molar-refractivity contribution < 1.29 is 8.95 Å². The van der Waals surface area contributed by atoms with Crippen LogP contribution in [0, 0.1) is 6.92 Å². The molecule has 1 atom stereocenters. The van der Waals surface area contributed by atoms with Gasteiger partial charge in [0.25, 0.3) is 0 Å². The number of rotatable bonds is 6. The minimum atomic E-state index is -0.803. The van der Waals surface area contributed by atoms with E-state index in [0.717, 1.165) is 5.69 Å². The van der Waals surface area contributed by atoms with Crippen LogP contribution in [0.3, 0.4) is 0 Å². The van der Waals surface area contributed by atoms with Crippen LogP contribution in [0.25, 0.3) is 0 Å². The van der Waals surface area contributed by atoms with Gasteiger partial charge in [0.1, 0.15) is 0 Å². The number of ether oxygens (including phenoxy) is 1. The van der Waals surface area contributed by atoms with Crippen LogP contribution in [-0.2, 0) is 10.8 Å². The summed E-state index contributed by atoms with van der Waals surface area (Å²) in [5.74, 6) is 1.67. The van der Waals surface area contributed by atoms with Crippen LogP contribution < -0.4 is 10.1 Å². The van der Waals surface area contributed by atoms with E-state index in [1.54, 1.807) is 12.3 Å². The highest BCUT2D eigenvalue weighted by molar-refractivity contribution is 7.84. The predicted octanol–water partition coefficient (Wildman–Crippen LogP) is 0.974. The van der Waals surface area contributed by atoms with Crippen LogP contribution in [0.15, 0.2) is 6.07 Å². The molecule has 0 aliphatic carbocycles. The lowest BCUT2D eigenvalue weighted by Crippen LogP contribution is -2.12. The van der Waals surface area contributed by atoms with E-state index < -0.39 is 10.8 Å². The van der Waals surface area contributed by atoms with E-state index in [1.807, 2.05) is 13.8 Å². The van der Waals surface area contributed by atoms with Gasteiger partial charge in [-0.15, -0.1) is 0 Å². The van der Waals surface area contributed by atoms with Gasteiger partial charge in [0.15, 0.2) is 0 Å². The summed E-state index contributed by atoms with van der Waals surface area (Å²) in [6, 6.07) is 1.78. The average Bonchev–Trinajstić information content (AvgIpc) is 2.16. The second-order valence-corrected chi connectivity index (χ2v) is 4.86. The quantitative estimate of drug-likeness (QED) is 0.806. The molecule has 16 heavy (non-hydrogen) atoms. The Morgan fingerprint density at radius 1 is 1.50 bits per heavy atom. The Morgan fingerprint density at radius 3 is 2.88 bits per heavy atom. The van der Waals surface area contributed by atoms with Crippen molar-refractivity contribution in [2.75, 3.05) is 30.5 Å². The van der Waals surface area contributed by atoms with Gasteiger partial charge in [-0.25, -0.2) is 4.98 Å². The third-order valence-electron chi connectivity index (χ3n) is 1.80. The minimum absolute atomic E-state index is 0.522. The molecule has 0 amide bonds. The fourth-order valence-corrected chi connectivity index (χ4v) is 1.54. The molecule has 1 aromatic rings. The maximum absolute atomic E-state index is 10.9. The van der Waals surface area contributed by atoms with Gasteiger partial charge in [0.05, 0.1) is 6.61 Å². The zero-order valence-electron chi connectivity index (χ0n) is 9.82. The summed E-state index contributed by atoms with van der Waals surface area (Å²) in [5, 5.41) is 3.02. The number of aromatic nitrogens is 2. The molecule has 6 heteroatoms. The lowest BCUT2D eigenvalue weighted by atomic mass is 10.4. The van der Waals surface area contributed by atoms with Crippen molar-refractivity contribution in [2.45, 2.75) is 13.8 Å². The monoisotopic (exact) mass is 243 g/mol. The van der Waals surface area contributed by atoms with E-state index in [4.69, 9.17) is 4.74 Å². The standard InChI is InChI=1S/C10H17N3O2S/c1-4-15-9-7-8(2)12-10(13-9)11-5-6-16(3)14/h7H,4-6H2,1-3H3,(H,11,12,13). The van der Waals surface area contributed by atoms with Crippen molar-refractivity contribution in [3.63, 3.8) is 0 Å². The summed E-state index contributed by atoms with van der Waals surface area (Å²) in [6.07, 6.45) is 1.67. The molecule has 0 aliphatic heterocycles. The molecule has 5 nitrogen and oxygen atoms in total. The van der Waals surface area contributed by atoms with Crippen molar-refractivity contribution in [1.29, 1.82) is 0 Å². The van der Waals surface area contributed by atoms with Crippen molar-refractivity contribution in [2.24, 2.45) is 0 Å². The highest BCUT2D eigenvalue weighted by Gasteiger charge is 2.02. The smallest absolute Gasteiger partial charge is 0.226 e. The van der Waals surface area contributed by atoms with Crippen molar-refractivity contribution >= 4 is 16.7 Å². The Kier molecular flexibility index (Phi) is 5.18. The van der Waals surface area contributed by atoms with E-state index in [-0.39, 0.29) is 0 Å². The first-order chi connectivity index (χ1) is 7.61. The number of hydrogen-bond acceptors (Lipinski definition) is 5. The Bertz CT molecular complexity index is 371. The molecule has 1 N–H and O–H groups in total. The van der Waals surface area contributed by atoms with Gasteiger partial charge in [-0.3, -0.25) is 4.21 Å². The molecular weight excluding hydrogens is 226 g/mol. The van der Waals surface area contributed by atoms with Crippen LogP contribution in [0.4, 0.5) is 5.95 Å². The molecule has 1 unspecified atom stereocenters. The molecule has 1 aromatic heterocycles. The summed E-state index contributed by atoms with van der Waals surface area (Å²) >= 11 is 0. The Hall–Kier alpha value is -1.17. The van der Waals surface area contributed by atoms with E-state index in [0.29, 0.717) is 30.7 Å². The molecule has 0 radical (unpaired) electrons. The number of anilines is 1. The molecule has 0 bridgehead atoms. The van der Waals surface area contributed by atoms with Crippen LogP contribution in [0.1, 0.15) is 12.6 Å². The predicted molar refractivity (Wildman–Crippen MR) is 65.4 cm³/mol. The number of nitrogens with zero attached hydrogens (tertiary/aromatic N) is 2. The van der Waals surface area contributed by atoms with Gasteiger partial charge in [0, 0.05) is 41.1 Å². The zero-order chi connectivity index (χ0) is 12.0. The molecule has 0 aliphatic rings. The van der Waals surface area contributed by atoms with E-state index in [1.165, 1.54) is 0 Å². The maximum atomic E-state index is 10.9. The van der Waals surface area contributed by atoms with Crippen molar-refractivity contribution in [3.05, 3.63) is 11.8 Å². The zero-order valence-corrected chi connectivity index (χ0v) is 10.6. The van der Waals surface area contributed by atoms with Gasteiger partial charge >= 0.3 is 0 Å². The van der Waals surface area contributed by atoms with Crippen LogP contribution in [0.2, 0.25) is 0 Å². The largest absolute Gasteiger partial charge is 0.478 e. The number of nitrogens with one attached hydrogen (secondary N) is 1. The molecule has 0 aromatic carbocycles. The highest BCUT2D eigenvalue weighted by atomic mass is 32.2. The Balaban J connectivity index is 2.61. The van der Waals surface area contributed by atoms with E-state index in [9.17, 15) is 4.21 Å². The van der Waals surface area contributed by atoms with Crippen molar-refractivity contribution in [1.82, 2.24) is 9.97 Å². The summed E-state index contributed by atoms with van der Waals surface area (Å²) in [5.41, 5.74) is 0.846. The van der Waals surface area contributed by atoms with Gasteiger partial charge in [-0.1, -0.05) is 0 Å². The molecule has 1 rings (SSSR count). The van der Waals surface area contributed by atoms with E-state index >= 15 is 0 Å². The Morgan fingerprint density at radius 2 is 2.25 bits per heavy atom. The second kappa shape index (κ2) is 6.42. The van der Waals surface area contributed by atoms with E-state index in [2.05, 4.69) is 15.3 Å². The van der Waals surface area contributed by atoms with Gasteiger partial charge in [0.2, 0.25) is 11.8 Å². The number of hydrogen-bond donors (Lipinski definition) is 1. The summed E-state index contributed by atoms with van der Waals surface area (Å²) in [7, 11) is -0.803. The van der Waals surface area contributed by atoms with Crippen LogP contribution in [-0.4, -0.2) is 39.3 Å². The molecule has 0 saturated heterocycles. The normalized spacial score (nSPS) is 12.2. The highest BCUT2D eigenvalue weighted by Crippen LogP contribution is 2.11. The minimum Gasteiger partial charge on any atom is -0.478 e. The fourth-order valence-electron chi connectivity index (χ4n) is 1.15. The molecule has 90 valence electrons. The first kappa shape index (κ1) is 12.9. The molecule has 1 heterocycles.